The summed E-state index contributed by atoms with van der Waals surface area (Å²) < 4.78 is 10.9. The molecule has 0 radical (unpaired) electrons. The fourth-order valence-electron chi connectivity index (χ4n) is 3.82. The fourth-order valence-corrected chi connectivity index (χ4v) is 5.32. The number of morpholine rings is 1. The lowest BCUT2D eigenvalue weighted by Gasteiger charge is -2.35. The van der Waals surface area contributed by atoms with E-state index in [1.165, 1.54) is 27.2 Å². The Morgan fingerprint density at radius 2 is 1.90 bits per heavy atom. The van der Waals surface area contributed by atoms with Gasteiger partial charge in [0.25, 0.3) is 5.91 Å². The van der Waals surface area contributed by atoms with Crippen molar-refractivity contribution in [1.82, 2.24) is 4.90 Å². The standard InChI is InChI=1S/C23H26N2O3S2/c1-15-16(2)30-23(24-22(26)19-5-4-12-28-19)20(15)21(25-10-13-27-14-11-25)17-6-8-18(29-3)9-7-17/h4-9,12,21H,10-11,13-14H2,1-3H3,(H,24,26)/t21-/m0/s1. The van der Waals surface area contributed by atoms with E-state index in [1.807, 2.05) is 0 Å². The second-order valence-corrected chi connectivity index (χ2v) is 9.39. The van der Waals surface area contributed by atoms with Crippen LogP contribution >= 0.6 is 23.1 Å². The van der Waals surface area contributed by atoms with E-state index in [0.717, 1.165) is 36.9 Å². The number of carbonyl (C=O) groups is 1. The van der Waals surface area contributed by atoms with E-state index < -0.39 is 0 Å². The van der Waals surface area contributed by atoms with Gasteiger partial charge in [-0.1, -0.05) is 12.1 Å². The number of nitrogens with one attached hydrogen (secondary N) is 1. The number of hydrogen-bond donors (Lipinski definition) is 1. The predicted octanol–water partition coefficient (Wildman–Crippen LogP) is 5.35. The first-order valence-electron chi connectivity index (χ1n) is 9.99. The first-order valence-corrected chi connectivity index (χ1v) is 12.0. The lowest BCUT2D eigenvalue weighted by atomic mass is 9.94. The van der Waals surface area contributed by atoms with Gasteiger partial charge in [0.2, 0.25) is 0 Å². The number of aryl methyl sites for hydroxylation is 1. The number of ether oxygens (including phenoxy) is 1. The molecule has 1 aliphatic rings. The van der Waals surface area contributed by atoms with E-state index in [1.54, 1.807) is 35.2 Å². The van der Waals surface area contributed by atoms with Crippen LogP contribution in [0.4, 0.5) is 5.00 Å². The van der Waals surface area contributed by atoms with Crippen molar-refractivity contribution in [3.05, 3.63) is 70.0 Å². The Labute approximate surface area is 185 Å². The molecule has 1 atom stereocenters. The van der Waals surface area contributed by atoms with Gasteiger partial charge in [0.05, 0.1) is 25.5 Å². The predicted molar refractivity (Wildman–Crippen MR) is 123 cm³/mol. The molecule has 2 aromatic heterocycles. The van der Waals surface area contributed by atoms with Crippen LogP contribution in [0, 0.1) is 13.8 Å². The van der Waals surface area contributed by atoms with E-state index in [9.17, 15) is 4.79 Å². The summed E-state index contributed by atoms with van der Waals surface area (Å²) in [5.41, 5.74) is 3.61. The molecule has 158 valence electrons. The minimum absolute atomic E-state index is 0.0571. The zero-order valence-corrected chi connectivity index (χ0v) is 19.1. The molecule has 3 aromatic rings. The summed E-state index contributed by atoms with van der Waals surface area (Å²) in [4.78, 5) is 17.6. The lowest BCUT2D eigenvalue weighted by molar-refractivity contribution is 0.0240. The average molecular weight is 443 g/mol. The molecule has 30 heavy (non-hydrogen) atoms. The topological polar surface area (TPSA) is 54.7 Å². The van der Waals surface area contributed by atoms with Gasteiger partial charge in [-0.15, -0.1) is 23.1 Å². The number of amides is 1. The Balaban J connectivity index is 1.76. The van der Waals surface area contributed by atoms with Crippen molar-refractivity contribution in [1.29, 1.82) is 0 Å². The molecule has 0 saturated carbocycles. The van der Waals surface area contributed by atoms with E-state index in [0.29, 0.717) is 5.76 Å². The van der Waals surface area contributed by atoms with E-state index in [-0.39, 0.29) is 11.9 Å². The Morgan fingerprint density at radius 1 is 1.17 bits per heavy atom. The summed E-state index contributed by atoms with van der Waals surface area (Å²) in [5, 5.41) is 4.00. The highest BCUT2D eigenvalue weighted by Crippen LogP contribution is 2.42. The normalized spacial score (nSPS) is 15.8. The first kappa shape index (κ1) is 21.2. The molecule has 1 aliphatic heterocycles. The molecule has 1 fully saturated rings. The van der Waals surface area contributed by atoms with E-state index in [2.05, 4.69) is 54.6 Å². The van der Waals surface area contributed by atoms with Crippen LogP contribution in [0.2, 0.25) is 0 Å². The van der Waals surface area contributed by atoms with Gasteiger partial charge in [-0.3, -0.25) is 9.69 Å². The summed E-state index contributed by atoms with van der Waals surface area (Å²) in [6.45, 7) is 7.40. The first-order chi connectivity index (χ1) is 14.6. The summed E-state index contributed by atoms with van der Waals surface area (Å²) in [7, 11) is 0. The average Bonchev–Trinajstić information content (AvgIpc) is 3.40. The largest absolute Gasteiger partial charge is 0.459 e. The van der Waals surface area contributed by atoms with Crippen molar-refractivity contribution < 1.29 is 13.9 Å². The maximum Gasteiger partial charge on any atom is 0.291 e. The van der Waals surface area contributed by atoms with Crippen LogP contribution in [0.3, 0.4) is 0 Å². The van der Waals surface area contributed by atoms with Crippen molar-refractivity contribution >= 4 is 34.0 Å². The highest BCUT2D eigenvalue weighted by Gasteiger charge is 2.30. The molecule has 0 bridgehead atoms. The minimum atomic E-state index is -0.221. The molecule has 5 nitrogen and oxygen atoms in total. The highest BCUT2D eigenvalue weighted by molar-refractivity contribution is 7.98. The Morgan fingerprint density at radius 3 is 2.53 bits per heavy atom. The number of hydrogen-bond acceptors (Lipinski definition) is 6. The maximum absolute atomic E-state index is 12.7. The summed E-state index contributed by atoms with van der Waals surface area (Å²) >= 11 is 3.36. The number of anilines is 1. The zero-order chi connectivity index (χ0) is 21.1. The Bertz CT molecular complexity index is 990. The number of rotatable bonds is 6. The Hall–Kier alpha value is -2.06. The van der Waals surface area contributed by atoms with Crippen LogP contribution in [0.25, 0.3) is 0 Å². The lowest BCUT2D eigenvalue weighted by Crippen LogP contribution is -2.39. The second kappa shape index (κ2) is 9.39. The molecule has 1 aromatic carbocycles. The SMILES string of the molecule is CSc1ccc([C@@H](c2c(NC(=O)c3ccco3)sc(C)c2C)N2CCOCC2)cc1. The monoisotopic (exact) mass is 442 g/mol. The third kappa shape index (κ3) is 4.34. The van der Waals surface area contributed by atoms with Gasteiger partial charge in [0, 0.05) is 28.4 Å². The van der Waals surface area contributed by atoms with Gasteiger partial charge in [-0.05, 0) is 55.5 Å². The summed E-state index contributed by atoms with van der Waals surface area (Å²) in [6.07, 6.45) is 3.60. The molecule has 0 spiro atoms. The highest BCUT2D eigenvalue weighted by atomic mass is 32.2. The number of thiophene rings is 1. The van der Waals surface area contributed by atoms with Gasteiger partial charge >= 0.3 is 0 Å². The molecule has 0 unspecified atom stereocenters. The van der Waals surface area contributed by atoms with Crippen molar-refractivity contribution in [2.24, 2.45) is 0 Å². The zero-order valence-electron chi connectivity index (χ0n) is 17.4. The molecule has 1 saturated heterocycles. The number of furan rings is 1. The van der Waals surface area contributed by atoms with Gasteiger partial charge in [0.15, 0.2) is 5.76 Å². The van der Waals surface area contributed by atoms with E-state index in [4.69, 9.17) is 9.15 Å². The van der Waals surface area contributed by atoms with Crippen LogP contribution in [0.15, 0.2) is 52.0 Å². The number of benzene rings is 1. The minimum Gasteiger partial charge on any atom is -0.459 e. The van der Waals surface area contributed by atoms with Crippen LogP contribution in [-0.2, 0) is 4.74 Å². The van der Waals surface area contributed by atoms with Crippen molar-refractivity contribution in [2.75, 3.05) is 37.9 Å². The van der Waals surface area contributed by atoms with Crippen molar-refractivity contribution in [2.45, 2.75) is 24.8 Å². The van der Waals surface area contributed by atoms with E-state index >= 15 is 0 Å². The molecule has 7 heteroatoms. The smallest absolute Gasteiger partial charge is 0.291 e. The second-order valence-electron chi connectivity index (χ2n) is 7.28. The molecule has 3 heterocycles. The van der Waals surface area contributed by atoms with Crippen LogP contribution < -0.4 is 5.32 Å². The van der Waals surface area contributed by atoms with Crippen LogP contribution in [0.5, 0.6) is 0 Å². The van der Waals surface area contributed by atoms with Crippen molar-refractivity contribution in [3.63, 3.8) is 0 Å². The Kier molecular flexibility index (Phi) is 6.63. The van der Waals surface area contributed by atoms with Crippen LogP contribution in [0.1, 0.15) is 38.2 Å². The van der Waals surface area contributed by atoms with Gasteiger partial charge < -0.3 is 14.5 Å². The number of thioether (sulfide) groups is 1. The molecule has 1 amide bonds. The molecule has 1 N–H and O–H groups in total. The van der Waals surface area contributed by atoms with Crippen LogP contribution in [-0.4, -0.2) is 43.4 Å². The number of nitrogens with zero attached hydrogens (tertiary/aromatic N) is 1. The summed E-state index contributed by atoms with van der Waals surface area (Å²) in [6, 6.07) is 12.2. The number of carbonyl (C=O) groups excluding carboxylic acids is 1. The summed E-state index contributed by atoms with van der Waals surface area (Å²) in [5.74, 6) is 0.0952. The van der Waals surface area contributed by atoms with Gasteiger partial charge in [-0.2, -0.15) is 0 Å². The van der Waals surface area contributed by atoms with Crippen molar-refractivity contribution in [3.8, 4) is 0 Å². The van der Waals surface area contributed by atoms with Gasteiger partial charge in [-0.25, -0.2) is 0 Å². The maximum atomic E-state index is 12.7. The third-order valence-electron chi connectivity index (χ3n) is 5.52. The third-order valence-corrected chi connectivity index (χ3v) is 7.40. The fraction of sp³-hybridized carbons (Fsp3) is 0.348. The van der Waals surface area contributed by atoms with Gasteiger partial charge in [0.1, 0.15) is 5.00 Å². The molecule has 0 aliphatic carbocycles. The molecular formula is C23H26N2O3S2. The quantitative estimate of drug-likeness (QED) is 0.521. The molecule has 4 rings (SSSR count). The molecular weight excluding hydrogens is 416 g/mol.